The van der Waals surface area contributed by atoms with Crippen molar-refractivity contribution in [1.82, 2.24) is 25.0 Å². The van der Waals surface area contributed by atoms with E-state index in [-0.39, 0.29) is 24.1 Å². The van der Waals surface area contributed by atoms with Gasteiger partial charge in [0.15, 0.2) is 11.7 Å². The van der Waals surface area contributed by atoms with Gasteiger partial charge in [-0.2, -0.15) is 9.90 Å². The molecule has 2 N–H and O–H groups in total. The van der Waals surface area contributed by atoms with Crippen molar-refractivity contribution in [3.63, 3.8) is 0 Å². The zero-order valence-corrected chi connectivity index (χ0v) is 20.4. The summed E-state index contributed by atoms with van der Waals surface area (Å²) in [5.41, 5.74) is 3.81. The molecule has 36 heavy (non-hydrogen) atoms. The van der Waals surface area contributed by atoms with Crippen LogP contribution >= 0.6 is 22.7 Å². The lowest BCUT2D eigenvalue weighted by molar-refractivity contribution is -0.118. The van der Waals surface area contributed by atoms with Crippen molar-refractivity contribution in [1.29, 1.82) is 0 Å². The molecular formula is C24H17N7O3S2. The van der Waals surface area contributed by atoms with E-state index >= 15 is 0 Å². The van der Waals surface area contributed by atoms with E-state index in [2.05, 4.69) is 30.8 Å². The number of ether oxygens (including phenoxy) is 1. The topological polar surface area (TPSA) is 124 Å². The van der Waals surface area contributed by atoms with E-state index in [1.807, 2.05) is 49.4 Å². The minimum atomic E-state index is -0.362. The summed E-state index contributed by atoms with van der Waals surface area (Å²) >= 11 is 2.68. The van der Waals surface area contributed by atoms with Gasteiger partial charge >= 0.3 is 0 Å². The number of fused-ring (bicyclic) bond motifs is 1. The fraction of sp³-hybridized carbons (Fsp3) is 0.0833. The number of carbonyl (C=O) groups excluding carboxylic acids is 2. The van der Waals surface area contributed by atoms with E-state index in [1.165, 1.54) is 27.5 Å². The number of amides is 2. The van der Waals surface area contributed by atoms with Gasteiger partial charge in [0.25, 0.3) is 11.8 Å². The molecule has 1 aliphatic rings. The molecule has 178 valence electrons. The van der Waals surface area contributed by atoms with E-state index in [4.69, 9.17) is 4.74 Å². The molecule has 10 nitrogen and oxygen atoms in total. The van der Waals surface area contributed by atoms with E-state index in [9.17, 15) is 9.59 Å². The van der Waals surface area contributed by atoms with Crippen LogP contribution in [0.3, 0.4) is 0 Å². The summed E-state index contributed by atoms with van der Waals surface area (Å²) in [7, 11) is 0. The number of nitrogens with one attached hydrogen (secondary N) is 2. The average molecular weight is 516 g/mol. The van der Waals surface area contributed by atoms with Crippen molar-refractivity contribution >= 4 is 45.3 Å². The van der Waals surface area contributed by atoms with Gasteiger partial charge in [0.2, 0.25) is 0 Å². The Morgan fingerprint density at radius 2 is 2.03 bits per heavy atom. The van der Waals surface area contributed by atoms with E-state index in [0.717, 1.165) is 21.8 Å². The number of aromatic nitrogens is 5. The Kier molecular flexibility index (Phi) is 5.51. The average Bonchev–Trinajstić information content (AvgIpc) is 3.64. The third-order valence-electron chi connectivity index (χ3n) is 5.34. The second-order valence-corrected chi connectivity index (χ2v) is 9.88. The monoisotopic (exact) mass is 515 g/mol. The predicted octanol–water partition coefficient (Wildman–Crippen LogP) is 4.41. The van der Waals surface area contributed by atoms with Crippen molar-refractivity contribution in [2.75, 3.05) is 17.2 Å². The minimum Gasteiger partial charge on any atom is -0.482 e. The Bertz CT molecular complexity index is 1610. The molecule has 12 heteroatoms. The molecule has 0 fully saturated rings. The summed E-state index contributed by atoms with van der Waals surface area (Å²) in [6, 6.07) is 15.0. The molecule has 0 unspecified atom stereocenters. The lowest BCUT2D eigenvalue weighted by atomic mass is 10.1. The summed E-state index contributed by atoms with van der Waals surface area (Å²) in [6.45, 7) is 1.93. The summed E-state index contributed by atoms with van der Waals surface area (Å²) < 4.78 is 5.42. The van der Waals surface area contributed by atoms with Crippen LogP contribution in [0.15, 0.2) is 60.1 Å². The Labute approximate surface area is 212 Å². The van der Waals surface area contributed by atoms with Crippen LogP contribution < -0.4 is 15.4 Å². The van der Waals surface area contributed by atoms with Gasteiger partial charge in [-0.3, -0.25) is 14.9 Å². The second kappa shape index (κ2) is 8.98. The molecule has 6 rings (SSSR count). The van der Waals surface area contributed by atoms with Gasteiger partial charge in [-0.05, 0) is 37.3 Å². The SMILES string of the molecule is Cc1sc(NC(=O)c2csc(-c3cnn(-c4ccccc4)n3)n2)nc1-c1ccc2c(c1)NC(=O)CO2. The molecule has 0 atom stereocenters. The highest BCUT2D eigenvalue weighted by Crippen LogP contribution is 2.36. The normalized spacial score (nSPS) is 12.5. The molecule has 1 aliphatic heterocycles. The van der Waals surface area contributed by atoms with Gasteiger partial charge < -0.3 is 10.1 Å². The first-order valence-corrected chi connectivity index (χ1v) is 12.5. The van der Waals surface area contributed by atoms with Gasteiger partial charge in [-0.15, -0.1) is 27.8 Å². The standard InChI is InChI=1S/C24H17N7O3S2/c1-13-21(14-7-8-19-16(9-14)26-20(32)11-34-19)28-24(36-13)29-22(33)18-12-35-23(27-18)17-10-25-31(30-17)15-5-3-2-4-6-15/h2-10,12H,11H2,1H3,(H,26,32)(H,28,29,33). The molecule has 0 radical (unpaired) electrons. The largest absolute Gasteiger partial charge is 0.482 e. The quantitative estimate of drug-likeness (QED) is 0.355. The van der Waals surface area contributed by atoms with Crippen molar-refractivity contribution in [3.8, 4) is 33.4 Å². The third-order valence-corrected chi connectivity index (χ3v) is 7.09. The van der Waals surface area contributed by atoms with Crippen LogP contribution in [0, 0.1) is 6.92 Å². The van der Waals surface area contributed by atoms with Crippen LogP contribution in [0.4, 0.5) is 10.8 Å². The molecular weight excluding hydrogens is 498 g/mol. The van der Waals surface area contributed by atoms with Crippen LogP contribution in [-0.2, 0) is 4.79 Å². The van der Waals surface area contributed by atoms with Crippen molar-refractivity contribution in [3.05, 3.63) is 70.7 Å². The highest BCUT2D eigenvalue weighted by molar-refractivity contribution is 7.16. The maximum Gasteiger partial charge on any atom is 0.276 e. The zero-order valence-electron chi connectivity index (χ0n) is 18.8. The molecule has 5 aromatic rings. The number of carbonyl (C=O) groups is 2. The van der Waals surface area contributed by atoms with E-state index in [1.54, 1.807) is 17.6 Å². The van der Waals surface area contributed by atoms with Crippen LogP contribution in [0.5, 0.6) is 5.75 Å². The lowest BCUT2D eigenvalue weighted by Gasteiger charge is -2.18. The smallest absolute Gasteiger partial charge is 0.276 e. The fourth-order valence-corrected chi connectivity index (χ4v) is 5.23. The molecule has 0 bridgehead atoms. The highest BCUT2D eigenvalue weighted by atomic mass is 32.1. The molecule has 2 amide bonds. The number of hydrogen-bond donors (Lipinski definition) is 2. The summed E-state index contributed by atoms with van der Waals surface area (Å²) in [6.07, 6.45) is 1.62. The lowest BCUT2D eigenvalue weighted by Crippen LogP contribution is -2.25. The molecule has 4 heterocycles. The number of hydrogen-bond acceptors (Lipinski definition) is 9. The zero-order chi connectivity index (χ0) is 24.6. The van der Waals surface area contributed by atoms with Gasteiger partial charge in [0, 0.05) is 15.8 Å². The number of aryl methyl sites for hydroxylation is 1. The van der Waals surface area contributed by atoms with Gasteiger partial charge in [0.05, 0.1) is 23.3 Å². The molecule has 0 saturated heterocycles. The number of para-hydroxylation sites is 1. The van der Waals surface area contributed by atoms with Crippen molar-refractivity contribution in [2.45, 2.75) is 6.92 Å². The van der Waals surface area contributed by atoms with Crippen molar-refractivity contribution in [2.24, 2.45) is 0 Å². The van der Waals surface area contributed by atoms with Crippen molar-refractivity contribution < 1.29 is 14.3 Å². The predicted molar refractivity (Wildman–Crippen MR) is 137 cm³/mol. The van der Waals surface area contributed by atoms with Gasteiger partial charge in [-0.25, -0.2) is 9.97 Å². The first-order valence-electron chi connectivity index (χ1n) is 10.8. The van der Waals surface area contributed by atoms with Crippen LogP contribution in [0.25, 0.3) is 27.6 Å². The summed E-state index contributed by atoms with van der Waals surface area (Å²) in [5, 5.41) is 17.1. The Morgan fingerprint density at radius 1 is 1.17 bits per heavy atom. The van der Waals surface area contributed by atoms with E-state index < -0.39 is 0 Å². The van der Waals surface area contributed by atoms with Gasteiger partial charge in [-0.1, -0.05) is 18.2 Å². The number of benzene rings is 2. The summed E-state index contributed by atoms with van der Waals surface area (Å²) in [4.78, 5) is 36.0. The number of anilines is 2. The number of nitrogens with zero attached hydrogens (tertiary/aromatic N) is 5. The first-order chi connectivity index (χ1) is 17.5. The number of thiazole rings is 2. The highest BCUT2D eigenvalue weighted by Gasteiger charge is 2.20. The van der Waals surface area contributed by atoms with E-state index in [0.29, 0.717) is 27.3 Å². The second-order valence-electron chi connectivity index (χ2n) is 7.82. The molecule has 0 saturated carbocycles. The summed E-state index contributed by atoms with van der Waals surface area (Å²) in [5.74, 6) is 0.0510. The number of rotatable bonds is 5. The Balaban J connectivity index is 1.19. The first kappa shape index (κ1) is 22.1. The molecule has 0 spiro atoms. The molecule has 0 aliphatic carbocycles. The third kappa shape index (κ3) is 4.23. The van der Waals surface area contributed by atoms with Crippen LogP contribution in [-0.4, -0.2) is 43.4 Å². The Hall–Kier alpha value is -4.42. The fourth-order valence-electron chi connectivity index (χ4n) is 3.65. The van der Waals surface area contributed by atoms with Crippen LogP contribution in [0.2, 0.25) is 0 Å². The van der Waals surface area contributed by atoms with Gasteiger partial charge in [0.1, 0.15) is 22.1 Å². The Morgan fingerprint density at radius 3 is 2.89 bits per heavy atom. The maximum absolute atomic E-state index is 12.9. The maximum atomic E-state index is 12.9. The molecule has 3 aromatic heterocycles. The minimum absolute atomic E-state index is 0.00200. The van der Waals surface area contributed by atoms with Crippen LogP contribution in [0.1, 0.15) is 15.4 Å². The molecule has 2 aromatic carbocycles.